The van der Waals surface area contributed by atoms with Crippen LogP contribution in [0.25, 0.3) is 0 Å². The van der Waals surface area contributed by atoms with E-state index in [-0.39, 0.29) is 22.5 Å². The minimum Gasteiger partial charge on any atom is -0.327 e. The molecule has 2 rings (SSSR count). The Hall–Kier alpha value is -0.690. The minimum atomic E-state index is -3.69. The van der Waals surface area contributed by atoms with Gasteiger partial charge in [0.25, 0.3) is 0 Å². The molecule has 7 heteroatoms. The van der Waals surface area contributed by atoms with Crippen molar-refractivity contribution in [3.8, 4) is 0 Å². The molecular formula is C11H14ClFN2O2S. The lowest BCUT2D eigenvalue weighted by Gasteiger charge is -2.30. The average molecular weight is 293 g/mol. The number of halogens is 2. The SMILES string of the molecule is NC1CCCN(S(=O)(=O)c2ccc(F)cc2Cl)C1. The van der Waals surface area contributed by atoms with Gasteiger partial charge in [0, 0.05) is 19.1 Å². The van der Waals surface area contributed by atoms with Crippen LogP contribution in [0.2, 0.25) is 5.02 Å². The van der Waals surface area contributed by atoms with Gasteiger partial charge in [-0.3, -0.25) is 0 Å². The number of hydrogen-bond acceptors (Lipinski definition) is 3. The van der Waals surface area contributed by atoms with Crippen molar-refractivity contribution in [2.24, 2.45) is 5.73 Å². The summed E-state index contributed by atoms with van der Waals surface area (Å²) in [5, 5.41) is -0.103. The molecule has 1 aromatic carbocycles. The molecule has 1 heterocycles. The number of rotatable bonds is 2. The van der Waals surface area contributed by atoms with E-state index in [1.807, 2.05) is 0 Å². The van der Waals surface area contributed by atoms with Crippen molar-refractivity contribution >= 4 is 21.6 Å². The van der Waals surface area contributed by atoms with Gasteiger partial charge in [-0.05, 0) is 31.0 Å². The average Bonchev–Trinajstić information content (AvgIpc) is 2.28. The van der Waals surface area contributed by atoms with Crippen LogP contribution in [0, 0.1) is 5.82 Å². The standard InChI is InChI=1S/C11H14ClFN2O2S/c12-10-6-8(13)3-4-11(10)18(16,17)15-5-1-2-9(14)7-15/h3-4,6,9H,1-2,5,7,14H2. The summed E-state index contributed by atoms with van der Waals surface area (Å²) in [5.41, 5.74) is 5.76. The van der Waals surface area contributed by atoms with E-state index in [1.165, 1.54) is 10.4 Å². The normalized spacial score (nSPS) is 22.1. The largest absolute Gasteiger partial charge is 0.327 e. The summed E-state index contributed by atoms with van der Waals surface area (Å²) in [5.74, 6) is -0.561. The van der Waals surface area contributed by atoms with Gasteiger partial charge in [0.15, 0.2) is 0 Å². The Morgan fingerprint density at radius 3 is 2.78 bits per heavy atom. The van der Waals surface area contributed by atoms with Crippen LogP contribution in [0.5, 0.6) is 0 Å². The Balaban J connectivity index is 2.35. The fourth-order valence-corrected chi connectivity index (χ4v) is 4.06. The van der Waals surface area contributed by atoms with Crippen LogP contribution in [0.1, 0.15) is 12.8 Å². The molecule has 0 radical (unpaired) electrons. The maximum atomic E-state index is 12.9. The minimum absolute atomic E-state index is 0.0698. The van der Waals surface area contributed by atoms with Crippen LogP contribution >= 0.6 is 11.6 Å². The number of hydrogen-bond donors (Lipinski definition) is 1. The van der Waals surface area contributed by atoms with Crippen molar-refractivity contribution in [2.45, 2.75) is 23.8 Å². The molecule has 18 heavy (non-hydrogen) atoms. The molecule has 0 amide bonds. The summed E-state index contributed by atoms with van der Waals surface area (Å²) in [6, 6.07) is 3.11. The van der Waals surface area contributed by atoms with Crippen molar-refractivity contribution in [1.82, 2.24) is 4.31 Å². The van der Waals surface area contributed by atoms with Crippen LogP contribution in [0.4, 0.5) is 4.39 Å². The molecule has 0 spiro atoms. The predicted octanol–water partition coefficient (Wildman–Crippen LogP) is 1.59. The number of piperidine rings is 1. The Morgan fingerprint density at radius 2 is 2.17 bits per heavy atom. The zero-order chi connectivity index (χ0) is 13.3. The molecule has 1 aliphatic rings. The molecule has 1 saturated heterocycles. The highest BCUT2D eigenvalue weighted by atomic mass is 35.5. The van der Waals surface area contributed by atoms with Gasteiger partial charge in [-0.2, -0.15) is 4.31 Å². The van der Waals surface area contributed by atoms with Gasteiger partial charge in [-0.15, -0.1) is 0 Å². The second kappa shape index (κ2) is 5.13. The first-order valence-electron chi connectivity index (χ1n) is 5.62. The van der Waals surface area contributed by atoms with E-state index in [9.17, 15) is 12.8 Å². The van der Waals surface area contributed by atoms with Gasteiger partial charge in [0.2, 0.25) is 10.0 Å². The summed E-state index contributed by atoms with van der Waals surface area (Å²) in [6.45, 7) is 0.694. The van der Waals surface area contributed by atoms with Crippen LogP contribution in [0.3, 0.4) is 0 Å². The van der Waals surface area contributed by atoms with E-state index in [1.54, 1.807) is 0 Å². The third-order valence-electron chi connectivity index (χ3n) is 2.93. The van der Waals surface area contributed by atoms with Crippen LogP contribution in [0.15, 0.2) is 23.1 Å². The quantitative estimate of drug-likeness (QED) is 0.900. The number of nitrogens with zero attached hydrogens (tertiary/aromatic N) is 1. The smallest absolute Gasteiger partial charge is 0.244 e. The van der Waals surface area contributed by atoms with Crippen LogP contribution < -0.4 is 5.73 Å². The second-order valence-corrected chi connectivity index (χ2v) is 6.65. The molecule has 1 aliphatic heterocycles. The molecule has 1 unspecified atom stereocenters. The van der Waals surface area contributed by atoms with Gasteiger partial charge in [-0.1, -0.05) is 11.6 Å². The number of benzene rings is 1. The third-order valence-corrected chi connectivity index (χ3v) is 5.28. The van der Waals surface area contributed by atoms with Gasteiger partial charge < -0.3 is 5.73 Å². The van der Waals surface area contributed by atoms with Gasteiger partial charge in [0.1, 0.15) is 10.7 Å². The van der Waals surface area contributed by atoms with Crippen LogP contribution in [-0.2, 0) is 10.0 Å². The Morgan fingerprint density at radius 1 is 1.44 bits per heavy atom. The van der Waals surface area contributed by atoms with E-state index in [0.717, 1.165) is 25.0 Å². The van der Waals surface area contributed by atoms with E-state index in [4.69, 9.17) is 17.3 Å². The first-order valence-corrected chi connectivity index (χ1v) is 7.44. The van der Waals surface area contributed by atoms with Crippen molar-refractivity contribution in [2.75, 3.05) is 13.1 Å². The van der Waals surface area contributed by atoms with E-state index in [2.05, 4.69) is 0 Å². The molecule has 0 saturated carbocycles. The van der Waals surface area contributed by atoms with E-state index >= 15 is 0 Å². The summed E-state index contributed by atoms with van der Waals surface area (Å²) in [6.07, 6.45) is 1.53. The molecule has 1 aromatic rings. The van der Waals surface area contributed by atoms with Crippen molar-refractivity contribution in [1.29, 1.82) is 0 Å². The van der Waals surface area contributed by atoms with Crippen molar-refractivity contribution in [3.63, 3.8) is 0 Å². The third kappa shape index (κ3) is 2.66. The highest BCUT2D eigenvalue weighted by Crippen LogP contribution is 2.27. The summed E-state index contributed by atoms with van der Waals surface area (Å²) in [7, 11) is -3.69. The van der Waals surface area contributed by atoms with Gasteiger partial charge in [-0.25, -0.2) is 12.8 Å². The molecule has 100 valence electrons. The first-order chi connectivity index (χ1) is 8.41. The lowest BCUT2D eigenvalue weighted by molar-refractivity contribution is 0.316. The summed E-state index contributed by atoms with van der Waals surface area (Å²) < 4.78 is 38.9. The maximum Gasteiger partial charge on any atom is 0.244 e. The highest BCUT2D eigenvalue weighted by molar-refractivity contribution is 7.89. The Bertz CT molecular complexity index is 550. The number of sulfonamides is 1. The fraction of sp³-hybridized carbons (Fsp3) is 0.455. The monoisotopic (exact) mass is 292 g/mol. The summed E-state index contributed by atoms with van der Waals surface area (Å²) >= 11 is 5.79. The Labute approximate surface area is 111 Å². The molecule has 4 nitrogen and oxygen atoms in total. The fourth-order valence-electron chi connectivity index (χ4n) is 2.02. The first kappa shape index (κ1) is 13.7. The maximum absolute atomic E-state index is 12.9. The number of nitrogens with two attached hydrogens (primary N) is 1. The predicted molar refractivity (Wildman–Crippen MR) is 67.4 cm³/mol. The summed E-state index contributed by atoms with van der Waals surface area (Å²) in [4.78, 5) is -0.0698. The lowest BCUT2D eigenvalue weighted by atomic mass is 10.1. The molecule has 0 aliphatic carbocycles. The Kier molecular flexibility index (Phi) is 3.91. The molecule has 2 N–H and O–H groups in total. The zero-order valence-corrected chi connectivity index (χ0v) is 11.2. The second-order valence-electron chi connectivity index (χ2n) is 4.34. The van der Waals surface area contributed by atoms with Crippen molar-refractivity contribution in [3.05, 3.63) is 29.0 Å². The van der Waals surface area contributed by atoms with Gasteiger partial charge >= 0.3 is 0 Å². The lowest BCUT2D eigenvalue weighted by Crippen LogP contribution is -2.45. The molecule has 1 atom stereocenters. The molecule has 0 bridgehead atoms. The highest BCUT2D eigenvalue weighted by Gasteiger charge is 2.30. The molecule has 1 fully saturated rings. The van der Waals surface area contributed by atoms with E-state index < -0.39 is 15.8 Å². The van der Waals surface area contributed by atoms with Gasteiger partial charge in [0.05, 0.1) is 5.02 Å². The molecule has 0 aromatic heterocycles. The zero-order valence-electron chi connectivity index (χ0n) is 9.64. The van der Waals surface area contributed by atoms with Crippen molar-refractivity contribution < 1.29 is 12.8 Å². The van der Waals surface area contributed by atoms with Crippen LogP contribution in [-0.4, -0.2) is 31.9 Å². The van der Waals surface area contributed by atoms with E-state index in [0.29, 0.717) is 6.54 Å². The topological polar surface area (TPSA) is 63.4 Å². The molecular weight excluding hydrogens is 279 g/mol.